The van der Waals surface area contributed by atoms with Crippen molar-refractivity contribution in [2.24, 2.45) is 5.92 Å². The third-order valence-electron chi connectivity index (χ3n) is 4.88. The molecule has 2 aromatic rings. The summed E-state index contributed by atoms with van der Waals surface area (Å²) in [6, 6.07) is 14.9. The van der Waals surface area contributed by atoms with Gasteiger partial charge in [-0.3, -0.25) is 9.59 Å². The van der Waals surface area contributed by atoms with Gasteiger partial charge in [-0.25, -0.2) is 0 Å². The van der Waals surface area contributed by atoms with Crippen molar-refractivity contribution in [2.45, 2.75) is 38.6 Å². The summed E-state index contributed by atoms with van der Waals surface area (Å²) in [7, 11) is 1.62. The lowest BCUT2D eigenvalue weighted by molar-refractivity contribution is -0.122. The number of anilines is 1. The molecule has 0 radical (unpaired) electrons. The van der Waals surface area contributed by atoms with Crippen LogP contribution in [0.3, 0.4) is 0 Å². The molecule has 1 atom stereocenters. The number of carbonyl (C=O) groups is 2. The van der Waals surface area contributed by atoms with Crippen molar-refractivity contribution in [2.75, 3.05) is 19.0 Å². The zero-order chi connectivity index (χ0) is 20.6. The maximum Gasteiger partial charge on any atom is 0.227 e. The van der Waals surface area contributed by atoms with E-state index in [-0.39, 0.29) is 23.8 Å². The Bertz CT molecular complexity index is 814. The van der Waals surface area contributed by atoms with Crippen molar-refractivity contribution >= 4 is 17.5 Å². The molecular weight excluding hydrogens is 368 g/mol. The fourth-order valence-corrected chi connectivity index (χ4v) is 2.94. The molecule has 0 saturated heterocycles. The van der Waals surface area contributed by atoms with Gasteiger partial charge in [0.2, 0.25) is 11.8 Å². The number of nitrogens with one attached hydrogen (secondary N) is 2. The van der Waals surface area contributed by atoms with Crippen LogP contribution in [-0.4, -0.2) is 25.5 Å². The molecule has 1 saturated carbocycles. The van der Waals surface area contributed by atoms with E-state index >= 15 is 0 Å². The second kappa shape index (κ2) is 9.96. The van der Waals surface area contributed by atoms with Crippen LogP contribution in [0.4, 0.5) is 5.69 Å². The van der Waals surface area contributed by atoms with Crippen LogP contribution in [0.5, 0.6) is 11.5 Å². The van der Waals surface area contributed by atoms with Gasteiger partial charge in [-0.2, -0.15) is 0 Å². The fourth-order valence-electron chi connectivity index (χ4n) is 2.94. The topological polar surface area (TPSA) is 76.7 Å². The van der Waals surface area contributed by atoms with Gasteiger partial charge < -0.3 is 20.1 Å². The molecule has 0 spiro atoms. The summed E-state index contributed by atoms with van der Waals surface area (Å²) in [5.74, 6) is 1.80. The van der Waals surface area contributed by atoms with E-state index in [0.717, 1.165) is 35.6 Å². The monoisotopic (exact) mass is 396 g/mol. The molecule has 1 unspecified atom stereocenters. The van der Waals surface area contributed by atoms with Crippen LogP contribution in [0.1, 0.15) is 44.2 Å². The molecule has 6 nitrogen and oxygen atoms in total. The van der Waals surface area contributed by atoms with E-state index < -0.39 is 0 Å². The van der Waals surface area contributed by atoms with E-state index in [9.17, 15) is 9.59 Å². The summed E-state index contributed by atoms with van der Waals surface area (Å²) in [6.07, 6.45) is 3.00. The van der Waals surface area contributed by atoms with Gasteiger partial charge in [-0.1, -0.05) is 12.1 Å². The summed E-state index contributed by atoms with van der Waals surface area (Å²) >= 11 is 0. The van der Waals surface area contributed by atoms with Crippen LogP contribution >= 0.6 is 0 Å². The van der Waals surface area contributed by atoms with Crippen molar-refractivity contribution in [3.05, 3.63) is 54.1 Å². The fraction of sp³-hybridized carbons (Fsp3) is 0.391. The standard InChI is InChI=1S/C23H28N2O4/c1-16(17-7-9-19(10-8-17)25-23(27)18-5-6-18)24-22(26)4-3-15-29-21-13-11-20(28-2)12-14-21/h7-14,16,18H,3-6,15H2,1-2H3,(H,24,26)(H,25,27). The Kier molecular flexibility index (Phi) is 7.11. The SMILES string of the molecule is COc1ccc(OCCCC(=O)NC(C)c2ccc(NC(=O)C3CC3)cc2)cc1. The van der Waals surface area contributed by atoms with Crippen molar-refractivity contribution in [3.8, 4) is 11.5 Å². The van der Waals surface area contributed by atoms with Crippen LogP contribution in [0.2, 0.25) is 0 Å². The first-order chi connectivity index (χ1) is 14.0. The molecule has 29 heavy (non-hydrogen) atoms. The molecule has 154 valence electrons. The molecule has 1 fully saturated rings. The van der Waals surface area contributed by atoms with Crippen molar-refractivity contribution in [1.82, 2.24) is 5.32 Å². The van der Waals surface area contributed by atoms with Gasteiger partial charge in [-0.15, -0.1) is 0 Å². The zero-order valence-corrected chi connectivity index (χ0v) is 16.9. The van der Waals surface area contributed by atoms with E-state index in [1.54, 1.807) is 7.11 Å². The molecule has 0 aliphatic heterocycles. The molecule has 2 amide bonds. The van der Waals surface area contributed by atoms with Crippen LogP contribution in [0.15, 0.2) is 48.5 Å². The van der Waals surface area contributed by atoms with E-state index in [0.29, 0.717) is 19.4 Å². The highest BCUT2D eigenvalue weighted by molar-refractivity contribution is 5.94. The molecule has 1 aliphatic rings. The second-order valence-corrected chi connectivity index (χ2v) is 7.30. The normalized spacial score (nSPS) is 14.0. The van der Waals surface area contributed by atoms with E-state index in [1.807, 2.05) is 55.5 Å². The Morgan fingerprint density at radius 3 is 2.31 bits per heavy atom. The maximum absolute atomic E-state index is 12.2. The maximum atomic E-state index is 12.2. The number of amides is 2. The molecule has 1 aliphatic carbocycles. The molecule has 6 heteroatoms. The molecule has 0 heterocycles. The summed E-state index contributed by atoms with van der Waals surface area (Å²) < 4.78 is 10.7. The van der Waals surface area contributed by atoms with Crippen molar-refractivity contribution in [3.63, 3.8) is 0 Å². The second-order valence-electron chi connectivity index (χ2n) is 7.30. The van der Waals surface area contributed by atoms with Gasteiger partial charge in [0, 0.05) is 18.0 Å². The predicted octanol–water partition coefficient (Wildman–Crippen LogP) is 4.08. The summed E-state index contributed by atoms with van der Waals surface area (Å²) in [5, 5.41) is 5.92. The number of carbonyl (C=O) groups excluding carboxylic acids is 2. The molecule has 2 aromatic carbocycles. The van der Waals surface area contributed by atoms with Crippen LogP contribution in [0, 0.1) is 5.92 Å². The van der Waals surface area contributed by atoms with E-state index in [2.05, 4.69) is 10.6 Å². The average molecular weight is 396 g/mol. The molecule has 3 rings (SSSR count). The summed E-state index contributed by atoms with van der Waals surface area (Å²) in [4.78, 5) is 24.0. The average Bonchev–Trinajstić information content (AvgIpc) is 3.57. The highest BCUT2D eigenvalue weighted by Crippen LogP contribution is 2.30. The Morgan fingerprint density at radius 1 is 1.03 bits per heavy atom. The van der Waals surface area contributed by atoms with Gasteiger partial charge in [0.15, 0.2) is 0 Å². The number of hydrogen-bond donors (Lipinski definition) is 2. The molecule has 0 aromatic heterocycles. The van der Waals surface area contributed by atoms with Crippen molar-refractivity contribution < 1.29 is 19.1 Å². The first kappa shape index (κ1) is 20.7. The quantitative estimate of drug-likeness (QED) is 0.593. The Morgan fingerprint density at radius 2 is 1.69 bits per heavy atom. The summed E-state index contributed by atoms with van der Waals surface area (Å²) in [6.45, 7) is 2.42. The van der Waals surface area contributed by atoms with E-state index in [4.69, 9.17) is 9.47 Å². The number of hydrogen-bond acceptors (Lipinski definition) is 4. The van der Waals surface area contributed by atoms with Crippen LogP contribution < -0.4 is 20.1 Å². The Labute approximate surface area is 171 Å². The number of ether oxygens (including phenoxy) is 2. The number of rotatable bonds is 10. The smallest absolute Gasteiger partial charge is 0.227 e. The van der Waals surface area contributed by atoms with Crippen LogP contribution in [-0.2, 0) is 9.59 Å². The lowest BCUT2D eigenvalue weighted by atomic mass is 10.1. The highest BCUT2D eigenvalue weighted by atomic mass is 16.5. The van der Waals surface area contributed by atoms with Gasteiger partial charge in [-0.05, 0) is 68.1 Å². The molecular formula is C23H28N2O4. The molecule has 0 bridgehead atoms. The van der Waals surface area contributed by atoms with Gasteiger partial charge in [0.1, 0.15) is 11.5 Å². The van der Waals surface area contributed by atoms with Gasteiger partial charge in [0.25, 0.3) is 0 Å². The number of methoxy groups -OCH3 is 1. The Hall–Kier alpha value is -3.02. The predicted molar refractivity (Wildman–Crippen MR) is 112 cm³/mol. The number of benzene rings is 2. The third kappa shape index (κ3) is 6.52. The largest absolute Gasteiger partial charge is 0.497 e. The minimum absolute atomic E-state index is 0.0121. The lowest BCUT2D eigenvalue weighted by Crippen LogP contribution is -2.26. The lowest BCUT2D eigenvalue weighted by Gasteiger charge is -2.15. The summed E-state index contributed by atoms with van der Waals surface area (Å²) in [5.41, 5.74) is 1.79. The van der Waals surface area contributed by atoms with Crippen molar-refractivity contribution in [1.29, 1.82) is 0 Å². The van der Waals surface area contributed by atoms with Gasteiger partial charge in [0.05, 0.1) is 19.8 Å². The van der Waals surface area contributed by atoms with E-state index in [1.165, 1.54) is 0 Å². The van der Waals surface area contributed by atoms with Gasteiger partial charge >= 0.3 is 0 Å². The highest BCUT2D eigenvalue weighted by Gasteiger charge is 2.29. The molecule has 2 N–H and O–H groups in total. The Balaban J connectivity index is 1.36. The third-order valence-corrected chi connectivity index (χ3v) is 4.88. The van der Waals surface area contributed by atoms with Crippen LogP contribution in [0.25, 0.3) is 0 Å². The minimum atomic E-state index is -0.0989. The first-order valence-corrected chi connectivity index (χ1v) is 10.0. The zero-order valence-electron chi connectivity index (χ0n) is 16.9. The minimum Gasteiger partial charge on any atom is -0.497 e. The first-order valence-electron chi connectivity index (χ1n) is 10.0.